The molecular weight excluding hydrogens is 299 g/mol. The van der Waals surface area contributed by atoms with E-state index in [2.05, 4.69) is 5.32 Å². The molecule has 0 aliphatic heterocycles. The molecule has 5 nitrogen and oxygen atoms in total. The fourth-order valence-corrected chi connectivity index (χ4v) is 1.79. The number of halogens is 1. The van der Waals surface area contributed by atoms with Crippen LogP contribution < -0.4 is 5.32 Å². The molecule has 0 aliphatic carbocycles. The van der Waals surface area contributed by atoms with Crippen LogP contribution in [0.5, 0.6) is 0 Å². The highest BCUT2D eigenvalue weighted by Crippen LogP contribution is 2.15. The van der Waals surface area contributed by atoms with Crippen LogP contribution in [0.2, 0.25) is 0 Å². The molecule has 0 aliphatic rings. The molecule has 2 aromatic carbocycles. The largest absolute Gasteiger partial charge is 0.478 e. The van der Waals surface area contributed by atoms with Crippen molar-refractivity contribution in [2.24, 2.45) is 0 Å². The van der Waals surface area contributed by atoms with E-state index in [4.69, 9.17) is 10.4 Å². The molecule has 0 saturated carbocycles. The number of carboxylic acid groups (broad SMARTS) is 1. The predicted octanol–water partition coefficient (Wildman–Crippen LogP) is 3.07. The van der Waals surface area contributed by atoms with Crippen LogP contribution in [0.4, 0.5) is 10.1 Å². The number of benzene rings is 2. The molecule has 2 rings (SSSR count). The van der Waals surface area contributed by atoms with Gasteiger partial charge in [-0.15, -0.1) is 0 Å². The molecule has 0 heterocycles. The van der Waals surface area contributed by atoms with Crippen molar-refractivity contribution in [3.05, 3.63) is 71.0 Å². The molecule has 114 valence electrons. The van der Waals surface area contributed by atoms with Crippen molar-refractivity contribution >= 4 is 23.6 Å². The van der Waals surface area contributed by atoms with Crippen LogP contribution in [-0.2, 0) is 4.79 Å². The second kappa shape index (κ2) is 7.00. The number of amides is 1. The van der Waals surface area contributed by atoms with E-state index < -0.39 is 17.7 Å². The number of nitrogens with one attached hydrogen (secondary N) is 1. The van der Waals surface area contributed by atoms with Crippen molar-refractivity contribution in [1.82, 2.24) is 0 Å². The molecule has 2 N–H and O–H groups in total. The van der Waals surface area contributed by atoms with Gasteiger partial charge < -0.3 is 10.4 Å². The SMILES string of the molecule is N#C/C(=C\c1ccc(C(=O)O)cc1)C(=O)Nc1ccccc1F. The first-order valence-electron chi connectivity index (χ1n) is 6.52. The molecule has 0 aromatic heterocycles. The van der Waals surface area contributed by atoms with E-state index in [0.29, 0.717) is 5.56 Å². The highest BCUT2D eigenvalue weighted by molar-refractivity contribution is 6.09. The zero-order chi connectivity index (χ0) is 16.8. The number of nitriles is 1. The Morgan fingerprint density at radius 2 is 1.78 bits per heavy atom. The first kappa shape index (κ1) is 15.9. The van der Waals surface area contributed by atoms with Gasteiger partial charge in [0.25, 0.3) is 5.91 Å². The van der Waals surface area contributed by atoms with E-state index in [1.807, 2.05) is 0 Å². The number of carbonyl (C=O) groups excluding carboxylic acids is 1. The third kappa shape index (κ3) is 4.02. The van der Waals surface area contributed by atoms with Crippen molar-refractivity contribution < 1.29 is 19.1 Å². The van der Waals surface area contributed by atoms with Gasteiger partial charge in [-0.05, 0) is 35.9 Å². The fourth-order valence-electron chi connectivity index (χ4n) is 1.79. The lowest BCUT2D eigenvalue weighted by Crippen LogP contribution is -2.14. The minimum atomic E-state index is -1.07. The second-order valence-electron chi connectivity index (χ2n) is 4.53. The van der Waals surface area contributed by atoms with Crippen LogP contribution in [0.3, 0.4) is 0 Å². The fraction of sp³-hybridized carbons (Fsp3) is 0. The first-order chi connectivity index (χ1) is 11.0. The van der Waals surface area contributed by atoms with E-state index in [1.54, 1.807) is 12.1 Å². The van der Waals surface area contributed by atoms with Crippen molar-refractivity contribution in [1.29, 1.82) is 5.26 Å². The van der Waals surface area contributed by atoms with Gasteiger partial charge in [-0.25, -0.2) is 9.18 Å². The summed E-state index contributed by atoms with van der Waals surface area (Å²) in [5.41, 5.74) is 0.322. The zero-order valence-electron chi connectivity index (χ0n) is 11.8. The summed E-state index contributed by atoms with van der Waals surface area (Å²) in [6.07, 6.45) is 1.29. The Morgan fingerprint density at radius 1 is 1.13 bits per heavy atom. The number of carboxylic acids is 1. The van der Waals surface area contributed by atoms with Crippen molar-refractivity contribution in [2.75, 3.05) is 5.32 Å². The maximum Gasteiger partial charge on any atom is 0.335 e. The van der Waals surface area contributed by atoms with Gasteiger partial charge in [0, 0.05) is 0 Å². The number of hydrogen-bond donors (Lipinski definition) is 2. The van der Waals surface area contributed by atoms with Gasteiger partial charge in [-0.3, -0.25) is 4.79 Å². The third-order valence-electron chi connectivity index (χ3n) is 2.96. The smallest absolute Gasteiger partial charge is 0.335 e. The number of hydrogen-bond acceptors (Lipinski definition) is 3. The lowest BCUT2D eigenvalue weighted by molar-refractivity contribution is -0.112. The lowest BCUT2D eigenvalue weighted by Gasteiger charge is -2.05. The topological polar surface area (TPSA) is 90.2 Å². The summed E-state index contributed by atoms with van der Waals surface area (Å²) in [7, 11) is 0. The van der Waals surface area contributed by atoms with Gasteiger partial charge in [0.15, 0.2) is 0 Å². The average Bonchev–Trinajstić information content (AvgIpc) is 2.55. The predicted molar refractivity (Wildman–Crippen MR) is 82.0 cm³/mol. The Hall–Kier alpha value is -3.46. The highest BCUT2D eigenvalue weighted by Gasteiger charge is 2.12. The van der Waals surface area contributed by atoms with Crippen LogP contribution in [0, 0.1) is 17.1 Å². The van der Waals surface area contributed by atoms with E-state index >= 15 is 0 Å². The Bertz CT molecular complexity index is 820. The van der Waals surface area contributed by atoms with Gasteiger partial charge in [0.05, 0.1) is 11.3 Å². The molecule has 0 spiro atoms. The molecule has 0 saturated heterocycles. The highest BCUT2D eigenvalue weighted by atomic mass is 19.1. The van der Waals surface area contributed by atoms with E-state index in [0.717, 1.165) is 0 Å². The number of para-hydroxylation sites is 1. The summed E-state index contributed by atoms with van der Waals surface area (Å²) in [5.74, 6) is -2.43. The molecule has 1 amide bonds. The van der Waals surface area contributed by atoms with Gasteiger partial charge in [-0.1, -0.05) is 24.3 Å². The second-order valence-corrected chi connectivity index (χ2v) is 4.53. The van der Waals surface area contributed by atoms with Crippen LogP contribution in [0.25, 0.3) is 6.08 Å². The number of carbonyl (C=O) groups is 2. The Labute approximate surface area is 131 Å². The van der Waals surface area contributed by atoms with Gasteiger partial charge in [-0.2, -0.15) is 5.26 Å². The van der Waals surface area contributed by atoms with Crippen molar-refractivity contribution in [3.63, 3.8) is 0 Å². The monoisotopic (exact) mass is 310 g/mol. The van der Waals surface area contributed by atoms with E-state index in [9.17, 15) is 14.0 Å². The Morgan fingerprint density at radius 3 is 2.35 bits per heavy atom. The molecule has 0 bridgehead atoms. The average molecular weight is 310 g/mol. The summed E-state index contributed by atoms with van der Waals surface area (Å²) >= 11 is 0. The summed E-state index contributed by atoms with van der Waals surface area (Å²) in [4.78, 5) is 22.8. The zero-order valence-corrected chi connectivity index (χ0v) is 11.8. The Kier molecular flexibility index (Phi) is 4.85. The number of rotatable bonds is 4. The number of aromatic carboxylic acids is 1. The molecular formula is C17H11FN2O3. The lowest BCUT2D eigenvalue weighted by atomic mass is 10.1. The molecule has 0 unspecified atom stereocenters. The first-order valence-corrected chi connectivity index (χ1v) is 6.52. The summed E-state index contributed by atoms with van der Waals surface area (Å²) in [6.45, 7) is 0. The molecule has 0 radical (unpaired) electrons. The van der Waals surface area contributed by atoms with Crippen LogP contribution >= 0.6 is 0 Å². The van der Waals surface area contributed by atoms with Crippen LogP contribution in [-0.4, -0.2) is 17.0 Å². The van der Waals surface area contributed by atoms with Gasteiger partial charge in [0.2, 0.25) is 0 Å². The van der Waals surface area contributed by atoms with Crippen LogP contribution in [0.1, 0.15) is 15.9 Å². The third-order valence-corrected chi connectivity index (χ3v) is 2.96. The maximum absolute atomic E-state index is 13.5. The maximum atomic E-state index is 13.5. The summed E-state index contributed by atoms with van der Waals surface area (Å²) in [5, 5.41) is 20.2. The Balaban J connectivity index is 2.21. The number of nitrogens with zero attached hydrogens (tertiary/aromatic N) is 1. The van der Waals surface area contributed by atoms with Gasteiger partial charge in [0.1, 0.15) is 17.5 Å². The summed E-state index contributed by atoms with van der Waals surface area (Å²) < 4.78 is 13.5. The molecule has 0 fully saturated rings. The van der Waals surface area contributed by atoms with Gasteiger partial charge >= 0.3 is 5.97 Å². The molecule has 23 heavy (non-hydrogen) atoms. The molecule has 0 atom stereocenters. The van der Waals surface area contributed by atoms with Crippen molar-refractivity contribution in [2.45, 2.75) is 0 Å². The van der Waals surface area contributed by atoms with E-state index in [1.165, 1.54) is 48.5 Å². The molecule has 6 heteroatoms. The molecule has 2 aromatic rings. The van der Waals surface area contributed by atoms with E-state index in [-0.39, 0.29) is 16.8 Å². The number of anilines is 1. The minimum Gasteiger partial charge on any atom is -0.478 e. The quantitative estimate of drug-likeness (QED) is 0.670. The van der Waals surface area contributed by atoms with Crippen molar-refractivity contribution in [3.8, 4) is 6.07 Å². The standard InChI is InChI=1S/C17H11FN2O3/c18-14-3-1-2-4-15(14)20-16(21)13(10-19)9-11-5-7-12(8-6-11)17(22)23/h1-9H,(H,20,21)(H,22,23)/b13-9+. The normalized spacial score (nSPS) is 10.7. The summed E-state index contributed by atoms with van der Waals surface area (Å²) in [6, 6.07) is 13.0. The minimum absolute atomic E-state index is 0.0279. The van der Waals surface area contributed by atoms with Crippen LogP contribution in [0.15, 0.2) is 54.1 Å².